The molecule has 0 unspecified atom stereocenters. The second-order valence-corrected chi connectivity index (χ2v) is 9.16. The molecule has 0 saturated carbocycles. The molecule has 2 fully saturated rings. The third-order valence-electron chi connectivity index (χ3n) is 7.14. The quantitative estimate of drug-likeness (QED) is 0.458. The van der Waals surface area contributed by atoms with Crippen molar-refractivity contribution >= 4 is 41.1 Å². The van der Waals surface area contributed by atoms with Crippen molar-refractivity contribution in [3.63, 3.8) is 0 Å². The number of benzene rings is 3. The first-order chi connectivity index (χ1) is 17.5. The Hall–Kier alpha value is -4.59. The fraction of sp³-hybridized carbons (Fsp3) is 0.179. The highest BCUT2D eigenvalue weighted by Crippen LogP contribution is 2.52. The van der Waals surface area contributed by atoms with Gasteiger partial charge in [0.2, 0.25) is 17.7 Å². The van der Waals surface area contributed by atoms with Crippen molar-refractivity contribution in [3.8, 4) is 0 Å². The minimum absolute atomic E-state index is 0.109. The van der Waals surface area contributed by atoms with Gasteiger partial charge in [0.25, 0.3) is 0 Å². The number of amides is 3. The normalized spacial score (nSPS) is 23.8. The van der Waals surface area contributed by atoms with E-state index in [4.69, 9.17) is 0 Å². The van der Waals surface area contributed by atoms with Crippen molar-refractivity contribution in [2.45, 2.75) is 19.0 Å². The van der Waals surface area contributed by atoms with Gasteiger partial charge in [-0.2, -0.15) is 5.10 Å². The van der Waals surface area contributed by atoms with Gasteiger partial charge in [-0.05, 0) is 54.4 Å². The van der Waals surface area contributed by atoms with Crippen molar-refractivity contribution in [3.05, 3.63) is 95.6 Å². The summed E-state index contributed by atoms with van der Waals surface area (Å²) in [5.41, 5.74) is 3.17. The number of hydrogen-bond acceptors (Lipinski definition) is 6. The van der Waals surface area contributed by atoms with Crippen LogP contribution in [0.15, 0.2) is 84.0 Å². The molecule has 0 aromatic heterocycles. The average Bonchev–Trinajstić information content (AvgIpc) is 3.37. The molecule has 8 heteroatoms. The molecule has 3 amide bonds. The third-order valence-corrected chi connectivity index (χ3v) is 7.14. The van der Waals surface area contributed by atoms with E-state index in [2.05, 4.69) is 10.4 Å². The lowest BCUT2D eigenvalue weighted by atomic mass is 9.85. The van der Waals surface area contributed by atoms with Gasteiger partial charge in [0.15, 0.2) is 5.78 Å². The van der Waals surface area contributed by atoms with Crippen LogP contribution in [0.3, 0.4) is 0 Å². The van der Waals surface area contributed by atoms with Gasteiger partial charge < -0.3 is 5.32 Å². The van der Waals surface area contributed by atoms with Crippen molar-refractivity contribution in [1.82, 2.24) is 5.01 Å². The summed E-state index contributed by atoms with van der Waals surface area (Å²) in [4.78, 5) is 54.1. The lowest BCUT2D eigenvalue weighted by Gasteiger charge is -2.33. The van der Waals surface area contributed by atoms with Gasteiger partial charge in [-0.15, -0.1) is 0 Å². The Balaban J connectivity index is 1.43. The number of nitrogens with one attached hydrogen (secondary N) is 1. The molecular weight excluding hydrogens is 456 g/mol. The Kier molecular flexibility index (Phi) is 5.03. The van der Waals surface area contributed by atoms with E-state index in [0.717, 1.165) is 16.0 Å². The molecule has 3 aliphatic heterocycles. The predicted molar refractivity (Wildman–Crippen MR) is 133 cm³/mol. The summed E-state index contributed by atoms with van der Waals surface area (Å²) in [6, 6.07) is 21.4. The number of fused-ring (bicyclic) bond motifs is 5. The smallest absolute Gasteiger partial charge is 0.249 e. The van der Waals surface area contributed by atoms with Crippen LogP contribution in [-0.4, -0.2) is 40.8 Å². The Morgan fingerprint density at radius 2 is 1.50 bits per heavy atom. The lowest BCUT2D eigenvalue weighted by Crippen LogP contribution is -2.46. The van der Waals surface area contributed by atoms with E-state index in [-0.39, 0.29) is 11.7 Å². The Morgan fingerprint density at radius 1 is 0.833 bits per heavy atom. The molecule has 6 rings (SSSR count). The number of carbonyl (C=O) groups is 4. The largest absolute Gasteiger partial charge is 0.324 e. The van der Waals surface area contributed by atoms with Gasteiger partial charge >= 0.3 is 0 Å². The summed E-state index contributed by atoms with van der Waals surface area (Å²) >= 11 is 0. The average molecular weight is 479 g/mol. The van der Waals surface area contributed by atoms with Gasteiger partial charge in [-0.3, -0.25) is 24.2 Å². The standard InChI is InChI=1S/C28H22N4O4/c1-16(33)17-11-13-20(14-12-17)31-27(35)22-23(28(31)36)25(26(34)30-19-8-3-2-4-9-19)32-24(22)21-10-6-5-7-18(21)15-29-32/h2-15,22-25H,1H3,(H,30,34)/t22-,23+,24-,25-/m0/s1. The van der Waals surface area contributed by atoms with Crippen molar-refractivity contribution < 1.29 is 19.2 Å². The number of ketones is 1. The number of imide groups is 1. The molecule has 36 heavy (non-hydrogen) atoms. The van der Waals surface area contributed by atoms with E-state index >= 15 is 0 Å². The van der Waals surface area contributed by atoms with E-state index in [1.807, 2.05) is 42.5 Å². The number of nitrogens with zero attached hydrogens (tertiary/aromatic N) is 3. The maximum absolute atomic E-state index is 13.8. The Bertz CT molecular complexity index is 1430. The lowest BCUT2D eigenvalue weighted by molar-refractivity contribution is -0.129. The zero-order valence-electron chi connectivity index (χ0n) is 19.4. The number of hydrazone groups is 1. The van der Waals surface area contributed by atoms with Crippen LogP contribution in [0.25, 0.3) is 0 Å². The second kappa shape index (κ2) is 8.27. The number of carbonyl (C=O) groups excluding carboxylic acids is 4. The first kappa shape index (κ1) is 21.9. The van der Waals surface area contributed by atoms with Gasteiger partial charge in [-0.25, -0.2) is 4.90 Å². The molecule has 0 spiro atoms. The first-order valence-corrected chi connectivity index (χ1v) is 11.7. The molecule has 0 aliphatic carbocycles. The second-order valence-electron chi connectivity index (χ2n) is 9.16. The van der Waals surface area contributed by atoms with Crippen LogP contribution >= 0.6 is 0 Å². The molecule has 8 nitrogen and oxygen atoms in total. The fourth-order valence-electron chi connectivity index (χ4n) is 5.51. The monoisotopic (exact) mass is 478 g/mol. The molecule has 1 N–H and O–H groups in total. The topological polar surface area (TPSA) is 99.2 Å². The summed E-state index contributed by atoms with van der Waals surface area (Å²) in [5, 5.41) is 9.05. The number of Topliss-reactive ketones (excluding diaryl/α,β-unsaturated/α-hetero) is 1. The molecule has 3 aliphatic rings. The van der Waals surface area contributed by atoms with E-state index in [1.54, 1.807) is 47.6 Å². The Labute approximate surface area is 207 Å². The minimum Gasteiger partial charge on any atom is -0.324 e. The summed E-state index contributed by atoms with van der Waals surface area (Å²) < 4.78 is 0. The maximum Gasteiger partial charge on any atom is 0.249 e. The molecule has 0 radical (unpaired) electrons. The molecule has 3 aromatic rings. The zero-order chi connectivity index (χ0) is 25.0. The van der Waals surface area contributed by atoms with Gasteiger partial charge in [0, 0.05) is 11.3 Å². The molecule has 178 valence electrons. The van der Waals surface area contributed by atoms with Crippen molar-refractivity contribution in [2.75, 3.05) is 10.2 Å². The van der Waals surface area contributed by atoms with Crippen molar-refractivity contribution in [1.29, 1.82) is 0 Å². The Morgan fingerprint density at radius 3 is 2.22 bits per heavy atom. The first-order valence-electron chi connectivity index (χ1n) is 11.7. The molecular formula is C28H22N4O4. The van der Waals surface area contributed by atoms with Crippen LogP contribution in [0.4, 0.5) is 11.4 Å². The third kappa shape index (κ3) is 3.25. The van der Waals surface area contributed by atoms with Crippen LogP contribution in [-0.2, 0) is 14.4 Å². The molecule has 3 aromatic carbocycles. The molecule has 3 heterocycles. The maximum atomic E-state index is 13.8. The van der Waals surface area contributed by atoms with Gasteiger partial charge in [0.1, 0.15) is 6.04 Å². The molecule has 4 atom stereocenters. The van der Waals surface area contributed by atoms with E-state index in [0.29, 0.717) is 16.9 Å². The van der Waals surface area contributed by atoms with Crippen LogP contribution in [0.2, 0.25) is 0 Å². The molecule has 0 bridgehead atoms. The van der Waals surface area contributed by atoms with Crippen LogP contribution < -0.4 is 10.2 Å². The van der Waals surface area contributed by atoms with Crippen molar-refractivity contribution in [2.24, 2.45) is 16.9 Å². The predicted octanol–water partition coefficient (Wildman–Crippen LogP) is 3.41. The SMILES string of the molecule is CC(=O)c1ccc(N2C(=O)[C@@H]3[C@H](C2=O)[C@@H]2c4ccccc4C=NN2[C@@H]3C(=O)Nc2ccccc2)cc1. The summed E-state index contributed by atoms with van der Waals surface area (Å²) in [6.07, 6.45) is 1.67. The highest BCUT2D eigenvalue weighted by Gasteiger charge is 2.65. The van der Waals surface area contributed by atoms with Crippen LogP contribution in [0, 0.1) is 11.8 Å². The van der Waals surface area contributed by atoms with Gasteiger partial charge in [-0.1, -0.05) is 42.5 Å². The van der Waals surface area contributed by atoms with Crippen LogP contribution in [0.1, 0.15) is 34.5 Å². The van der Waals surface area contributed by atoms with E-state index < -0.39 is 35.7 Å². The number of hydrogen-bond donors (Lipinski definition) is 1. The highest BCUT2D eigenvalue weighted by molar-refractivity contribution is 6.24. The minimum atomic E-state index is -0.970. The highest BCUT2D eigenvalue weighted by atomic mass is 16.2. The zero-order valence-corrected chi connectivity index (χ0v) is 19.4. The number of para-hydroxylation sites is 1. The number of anilines is 2. The fourth-order valence-corrected chi connectivity index (χ4v) is 5.51. The summed E-state index contributed by atoms with van der Waals surface area (Å²) in [6.45, 7) is 1.46. The van der Waals surface area contributed by atoms with Crippen LogP contribution in [0.5, 0.6) is 0 Å². The summed E-state index contributed by atoms with van der Waals surface area (Å²) in [5.74, 6) is -3.03. The van der Waals surface area contributed by atoms with E-state index in [1.165, 1.54) is 6.92 Å². The summed E-state index contributed by atoms with van der Waals surface area (Å²) in [7, 11) is 0. The number of rotatable bonds is 4. The van der Waals surface area contributed by atoms with Gasteiger partial charge in [0.05, 0.1) is 29.8 Å². The van der Waals surface area contributed by atoms with E-state index in [9.17, 15) is 19.2 Å². The molecule has 2 saturated heterocycles.